The van der Waals surface area contributed by atoms with Gasteiger partial charge in [0.05, 0.1) is 10.5 Å². The van der Waals surface area contributed by atoms with E-state index in [1.54, 1.807) is 20.9 Å². The van der Waals surface area contributed by atoms with Crippen molar-refractivity contribution in [3.05, 3.63) is 35.9 Å². The first kappa shape index (κ1) is 23.4. The van der Waals surface area contributed by atoms with Crippen molar-refractivity contribution in [1.82, 2.24) is 10.2 Å². The fourth-order valence-electron chi connectivity index (χ4n) is 4.03. The van der Waals surface area contributed by atoms with E-state index in [0.717, 1.165) is 38.6 Å². The smallest absolute Gasteiger partial charge is 0.193 e. The van der Waals surface area contributed by atoms with Crippen molar-refractivity contribution < 1.29 is 13.2 Å². The Kier molecular flexibility index (Phi) is 7.77. The number of guanidine groups is 1. The number of halogens is 1. The topological polar surface area (TPSA) is 71.0 Å². The summed E-state index contributed by atoms with van der Waals surface area (Å²) in [6, 6.07) is 10.6. The maximum atomic E-state index is 12.3. The lowest BCUT2D eigenvalue weighted by molar-refractivity contribution is 0.0511. The van der Waals surface area contributed by atoms with Gasteiger partial charge in [-0.25, -0.2) is 8.42 Å². The van der Waals surface area contributed by atoms with E-state index in [4.69, 9.17) is 4.74 Å². The average Bonchev–Trinajstić information content (AvgIpc) is 2.66. The van der Waals surface area contributed by atoms with Crippen LogP contribution >= 0.6 is 24.0 Å². The zero-order valence-corrected chi connectivity index (χ0v) is 20.1. The van der Waals surface area contributed by atoms with E-state index >= 15 is 0 Å². The number of benzene rings is 1. The fraction of sp³-hybridized carbons (Fsp3) is 0.650. The fourth-order valence-corrected chi connectivity index (χ4v) is 5.39. The molecule has 0 saturated carbocycles. The quantitative estimate of drug-likeness (QED) is 0.376. The molecule has 0 radical (unpaired) electrons. The maximum absolute atomic E-state index is 12.3. The molecule has 6 nitrogen and oxygen atoms in total. The second kappa shape index (κ2) is 9.30. The number of hydrogen-bond acceptors (Lipinski definition) is 4. The molecule has 0 aliphatic carbocycles. The van der Waals surface area contributed by atoms with Crippen LogP contribution in [0.15, 0.2) is 35.3 Å². The Labute approximate surface area is 186 Å². The molecule has 1 aromatic rings. The number of nitrogens with zero attached hydrogens (tertiary/aromatic N) is 2. The van der Waals surface area contributed by atoms with E-state index < -0.39 is 14.6 Å². The van der Waals surface area contributed by atoms with E-state index in [2.05, 4.69) is 39.5 Å². The summed E-state index contributed by atoms with van der Waals surface area (Å²) in [5.74, 6) is 0.943. The van der Waals surface area contributed by atoms with E-state index in [1.807, 2.05) is 6.07 Å². The van der Waals surface area contributed by atoms with Gasteiger partial charge in [-0.3, -0.25) is 4.99 Å². The van der Waals surface area contributed by atoms with Gasteiger partial charge in [-0.1, -0.05) is 30.3 Å². The van der Waals surface area contributed by atoms with Crippen LogP contribution in [-0.2, 0) is 20.0 Å². The van der Waals surface area contributed by atoms with Crippen LogP contribution in [0, 0.1) is 0 Å². The molecule has 2 saturated heterocycles. The van der Waals surface area contributed by atoms with E-state index in [0.29, 0.717) is 13.1 Å². The molecule has 0 amide bonds. The molecule has 0 unspecified atom stereocenters. The second-order valence-corrected chi connectivity index (χ2v) is 10.9. The molecule has 2 aliphatic heterocycles. The third-order valence-electron chi connectivity index (χ3n) is 5.98. The van der Waals surface area contributed by atoms with Gasteiger partial charge in [0.25, 0.3) is 0 Å². The van der Waals surface area contributed by atoms with Crippen LogP contribution in [0.1, 0.15) is 32.3 Å². The SMILES string of the molecule is CN=C(NCC1(c2ccccc2)CCOCC1)N1CCS(=O)(=O)C(C)(C)C1.I. The standard InChI is InChI=1S/C20H31N3O3S.HI/c1-19(2)16-23(11-14-27(19,24)25)18(21-3)22-15-20(9-12-26-13-10-20)17-7-5-4-6-8-17;/h4-8H,9-16H2,1-3H3,(H,21,22);1H. The molecule has 3 rings (SSSR count). The number of sulfone groups is 1. The van der Waals surface area contributed by atoms with Gasteiger partial charge in [-0.15, -0.1) is 24.0 Å². The molecule has 158 valence electrons. The van der Waals surface area contributed by atoms with E-state index in [-0.39, 0.29) is 35.1 Å². The van der Waals surface area contributed by atoms with Crippen LogP contribution in [0.25, 0.3) is 0 Å². The Hall–Kier alpha value is -0.870. The molecular formula is C20H32IN3O3S. The summed E-state index contributed by atoms with van der Waals surface area (Å²) in [4.78, 5) is 6.51. The Bertz CT molecular complexity index is 775. The number of nitrogens with one attached hydrogen (secondary N) is 1. The highest BCUT2D eigenvalue weighted by molar-refractivity contribution is 14.0. The molecule has 0 bridgehead atoms. The molecule has 2 heterocycles. The second-order valence-electron chi connectivity index (χ2n) is 8.16. The van der Waals surface area contributed by atoms with Crippen molar-refractivity contribution in [2.45, 2.75) is 36.9 Å². The minimum absolute atomic E-state index is 0. The predicted molar refractivity (Wildman–Crippen MR) is 124 cm³/mol. The highest BCUT2D eigenvalue weighted by Crippen LogP contribution is 2.34. The number of ether oxygens (including phenoxy) is 1. The highest BCUT2D eigenvalue weighted by Gasteiger charge is 2.41. The van der Waals surface area contributed by atoms with Crippen molar-refractivity contribution in [3.63, 3.8) is 0 Å². The Morgan fingerprint density at radius 2 is 1.86 bits per heavy atom. The number of rotatable bonds is 3. The van der Waals surface area contributed by atoms with Gasteiger partial charge >= 0.3 is 0 Å². The molecule has 28 heavy (non-hydrogen) atoms. The van der Waals surface area contributed by atoms with Crippen LogP contribution < -0.4 is 5.32 Å². The molecule has 0 atom stereocenters. The Balaban J connectivity index is 0.00000280. The minimum Gasteiger partial charge on any atom is -0.381 e. The first-order chi connectivity index (χ1) is 12.8. The van der Waals surface area contributed by atoms with Crippen LogP contribution in [0.4, 0.5) is 0 Å². The molecule has 2 aliphatic rings. The van der Waals surface area contributed by atoms with Crippen molar-refractivity contribution in [2.24, 2.45) is 4.99 Å². The van der Waals surface area contributed by atoms with Crippen molar-refractivity contribution in [1.29, 1.82) is 0 Å². The highest BCUT2D eigenvalue weighted by atomic mass is 127. The van der Waals surface area contributed by atoms with Crippen LogP contribution in [-0.4, -0.2) is 69.7 Å². The van der Waals surface area contributed by atoms with Gasteiger partial charge in [0.15, 0.2) is 15.8 Å². The van der Waals surface area contributed by atoms with Gasteiger partial charge < -0.3 is 15.0 Å². The summed E-state index contributed by atoms with van der Waals surface area (Å²) in [6.07, 6.45) is 1.92. The molecule has 8 heteroatoms. The zero-order chi connectivity index (χ0) is 19.5. The van der Waals surface area contributed by atoms with Crippen molar-refractivity contribution in [2.75, 3.05) is 45.6 Å². The number of hydrogen-bond donors (Lipinski definition) is 1. The van der Waals surface area contributed by atoms with Crippen LogP contribution in [0.2, 0.25) is 0 Å². The van der Waals surface area contributed by atoms with Crippen molar-refractivity contribution >= 4 is 39.8 Å². The summed E-state index contributed by atoms with van der Waals surface area (Å²) in [6.45, 7) is 6.80. The summed E-state index contributed by atoms with van der Waals surface area (Å²) in [7, 11) is -1.31. The van der Waals surface area contributed by atoms with Crippen LogP contribution in [0.3, 0.4) is 0 Å². The van der Waals surface area contributed by atoms with E-state index in [9.17, 15) is 8.42 Å². The molecule has 1 aromatic carbocycles. The van der Waals surface area contributed by atoms with E-state index in [1.165, 1.54) is 5.56 Å². The monoisotopic (exact) mass is 521 g/mol. The minimum atomic E-state index is -3.07. The molecule has 0 aromatic heterocycles. The predicted octanol–water partition coefficient (Wildman–Crippen LogP) is 2.44. The summed E-state index contributed by atoms with van der Waals surface area (Å²) in [5.41, 5.74) is 1.32. The van der Waals surface area contributed by atoms with Gasteiger partial charge in [-0.2, -0.15) is 0 Å². The van der Waals surface area contributed by atoms with Crippen LogP contribution in [0.5, 0.6) is 0 Å². The summed E-state index contributed by atoms with van der Waals surface area (Å²) < 4.78 is 29.4. The van der Waals surface area contributed by atoms with Gasteiger partial charge in [0, 0.05) is 45.3 Å². The van der Waals surface area contributed by atoms with Gasteiger partial charge in [0.2, 0.25) is 0 Å². The first-order valence-electron chi connectivity index (χ1n) is 9.61. The normalized spacial score (nSPS) is 23.5. The first-order valence-corrected chi connectivity index (χ1v) is 11.3. The molecule has 2 fully saturated rings. The largest absolute Gasteiger partial charge is 0.381 e. The number of aliphatic imine (C=N–C) groups is 1. The third kappa shape index (κ3) is 4.81. The average molecular weight is 521 g/mol. The lowest BCUT2D eigenvalue weighted by Gasteiger charge is -2.42. The third-order valence-corrected chi connectivity index (χ3v) is 8.51. The lowest BCUT2D eigenvalue weighted by atomic mass is 9.74. The van der Waals surface area contributed by atoms with Gasteiger partial charge in [0.1, 0.15) is 0 Å². The van der Waals surface area contributed by atoms with Gasteiger partial charge in [-0.05, 0) is 32.3 Å². The zero-order valence-electron chi connectivity index (χ0n) is 17.0. The summed E-state index contributed by atoms with van der Waals surface area (Å²) in [5, 5.41) is 3.54. The molecular weight excluding hydrogens is 489 g/mol. The Morgan fingerprint density at radius 3 is 2.43 bits per heavy atom. The summed E-state index contributed by atoms with van der Waals surface area (Å²) >= 11 is 0. The molecule has 1 N–H and O–H groups in total. The molecule has 0 spiro atoms. The Morgan fingerprint density at radius 1 is 1.21 bits per heavy atom. The maximum Gasteiger partial charge on any atom is 0.193 e. The lowest BCUT2D eigenvalue weighted by Crippen LogP contribution is -2.58. The van der Waals surface area contributed by atoms with Crippen molar-refractivity contribution in [3.8, 4) is 0 Å².